The van der Waals surface area contributed by atoms with Crippen LogP contribution in [0.2, 0.25) is 5.15 Å². The number of nitrogens with zero attached hydrogens (tertiary/aromatic N) is 2. The van der Waals surface area contributed by atoms with Gasteiger partial charge in [0.05, 0.1) is 5.56 Å². The number of alkyl halides is 5. The lowest BCUT2D eigenvalue weighted by molar-refractivity contribution is -0.274. The van der Waals surface area contributed by atoms with E-state index in [2.05, 4.69) is 9.72 Å². The first-order valence-electron chi connectivity index (χ1n) is 3.88. The van der Waals surface area contributed by atoms with Crippen molar-refractivity contribution in [1.82, 2.24) is 4.98 Å². The van der Waals surface area contributed by atoms with Crippen molar-refractivity contribution in [3.8, 4) is 11.8 Å². The van der Waals surface area contributed by atoms with Crippen molar-refractivity contribution in [2.24, 2.45) is 0 Å². The highest BCUT2D eigenvalue weighted by Gasteiger charge is 2.35. The number of pyridine rings is 1. The number of ether oxygens (including phenoxy) is 1. The van der Waals surface area contributed by atoms with Crippen molar-refractivity contribution in [2.75, 3.05) is 0 Å². The molecule has 0 radical (unpaired) electrons. The Kier molecular flexibility index (Phi) is 3.72. The Labute approximate surface area is 96.4 Å². The number of hydrogen-bond acceptors (Lipinski definition) is 3. The molecule has 0 aliphatic heterocycles. The zero-order valence-electron chi connectivity index (χ0n) is 7.73. The van der Waals surface area contributed by atoms with E-state index < -0.39 is 34.8 Å². The third-order valence-electron chi connectivity index (χ3n) is 1.58. The molecule has 0 amide bonds. The van der Waals surface area contributed by atoms with E-state index in [4.69, 9.17) is 16.9 Å². The Hall–Kier alpha value is -1.62. The third-order valence-corrected chi connectivity index (χ3v) is 1.85. The molecule has 0 aromatic carbocycles. The zero-order chi connectivity index (χ0) is 13.2. The molecule has 0 fully saturated rings. The second kappa shape index (κ2) is 4.71. The van der Waals surface area contributed by atoms with Crippen molar-refractivity contribution in [2.45, 2.75) is 12.8 Å². The quantitative estimate of drug-likeness (QED) is 0.612. The lowest BCUT2D eigenvalue weighted by Crippen LogP contribution is -2.19. The highest BCUT2D eigenvalue weighted by molar-refractivity contribution is 6.31. The van der Waals surface area contributed by atoms with E-state index in [1.54, 1.807) is 0 Å². The maximum Gasteiger partial charge on any atom is 0.573 e. The Morgan fingerprint density at radius 1 is 1.41 bits per heavy atom. The molecule has 0 aliphatic rings. The number of hydrogen-bond donors (Lipinski definition) is 0. The van der Waals surface area contributed by atoms with Gasteiger partial charge in [-0.15, -0.1) is 13.2 Å². The molecule has 1 heterocycles. The van der Waals surface area contributed by atoms with Gasteiger partial charge in [-0.05, 0) is 0 Å². The molecule has 1 aromatic heterocycles. The average Bonchev–Trinajstić information content (AvgIpc) is 2.18. The predicted octanol–water partition coefficient (Wildman–Crippen LogP) is 3.44. The van der Waals surface area contributed by atoms with Gasteiger partial charge in [0.2, 0.25) is 0 Å². The van der Waals surface area contributed by atoms with Gasteiger partial charge in [0, 0.05) is 6.20 Å². The monoisotopic (exact) mass is 272 g/mol. The lowest BCUT2D eigenvalue weighted by Gasteiger charge is -2.13. The summed E-state index contributed by atoms with van der Waals surface area (Å²) < 4.78 is 64.1. The van der Waals surface area contributed by atoms with Gasteiger partial charge in [-0.1, -0.05) is 11.6 Å². The van der Waals surface area contributed by atoms with Crippen LogP contribution in [-0.4, -0.2) is 11.3 Å². The van der Waals surface area contributed by atoms with Gasteiger partial charge in [0.1, 0.15) is 11.6 Å². The minimum Gasteiger partial charge on any atom is -0.401 e. The molecule has 1 rings (SSSR count). The lowest BCUT2D eigenvalue weighted by atomic mass is 10.1. The maximum absolute atomic E-state index is 12.4. The molecule has 0 spiro atoms. The van der Waals surface area contributed by atoms with Crippen molar-refractivity contribution in [3.63, 3.8) is 0 Å². The zero-order valence-corrected chi connectivity index (χ0v) is 8.48. The molecule has 0 atom stereocenters. The van der Waals surface area contributed by atoms with Crippen LogP contribution in [0.1, 0.15) is 17.6 Å². The summed E-state index contributed by atoms with van der Waals surface area (Å²) in [6, 6.07) is 1.18. The third kappa shape index (κ3) is 3.17. The number of nitriles is 1. The van der Waals surface area contributed by atoms with Gasteiger partial charge < -0.3 is 4.74 Å². The molecular weight excluding hydrogens is 271 g/mol. The summed E-state index contributed by atoms with van der Waals surface area (Å²) in [6.07, 6.45) is -7.79. The van der Waals surface area contributed by atoms with Gasteiger partial charge in [-0.2, -0.15) is 5.26 Å². The number of rotatable bonds is 2. The predicted molar refractivity (Wildman–Crippen MR) is 45.6 cm³/mol. The summed E-state index contributed by atoms with van der Waals surface area (Å²) in [7, 11) is 0. The van der Waals surface area contributed by atoms with E-state index >= 15 is 0 Å². The van der Waals surface area contributed by atoms with Crippen LogP contribution in [0.5, 0.6) is 5.75 Å². The maximum atomic E-state index is 12.4. The van der Waals surface area contributed by atoms with Crippen LogP contribution in [0.25, 0.3) is 0 Å². The normalized spacial score (nSPS) is 11.4. The Morgan fingerprint density at radius 3 is 2.41 bits per heavy atom. The van der Waals surface area contributed by atoms with E-state index in [1.807, 2.05) is 0 Å². The van der Waals surface area contributed by atoms with Gasteiger partial charge in [0.15, 0.2) is 10.9 Å². The van der Waals surface area contributed by atoms with Crippen LogP contribution < -0.4 is 4.74 Å². The first-order chi connectivity index (χ1) is 7.76. The van der Waals surface area contributed by atoms with Crippen LogP contribution in [0, 0.1) is 11.3 Å². The molecule has 0 saturated heterocycles. The first kappa shape index (κ1) is 13.4. The van der Waals surface area contributed by atoms with Gasteiger partial charge >= 0.3 is 6.36 Å². The SMILES string of the molecule is N#Cc1c(C(F)F)cnc(Cl)c1OC(F)(F)F. The molecule has 0 saturated carbocycles. The molecule has 1 aromatic rings. The fourth-order valence-corrected chi connectivity index (χ4v) is 1.16. The molecule has 92 valence electrons. The van der Waals surface area contributed by atoms with Crippen molar-refractivity contribution >= 4 is 11.6 Å². The van der Waals surface area contributed by atoms with Gasteiger partial charge in [0.25, 0.3) is 6.43 Å². The number of aromatic nitrogens is 1. The van der Waals surface area contributed by atoms with Crippen LogP contribution in [0.4, 0.5) is 22.0 Å². The summed E-state index contributed by atoms with van der Waals surface area (Å²) in [6.45, 7) is 0. The van der Waals surface area contributed by atoms with E-state index in [9.17, 15) is 22.0 Å². The second-order valence-electron chi connectivity index (χ2n) is 2.67. The largest absolute Gasteiger partial charge is 0.573 e. The van der Waals surface area contributed by atoms with Crippen LogP contribution in [-0.2, 0) is 0 Å². The topological polar surface area (TPSA) is 45.9 Å². The summed E-state index contributed by atoms with van der Waals surface area (Å²) in [5.41, 5.74) is -1.96. The molecular formula is C8H2ClF5N2O. The van der Waals surface area contributed by atoms with Crippen molar-refractivity contribution in [3.05, 3.63) is 22.5 Å². The van der Waals surface area contributed by atoms with Gasteiger partial charge in [-0.3, -0.25) is 0 Å². The summed E-state index contributed by atoms with van der Waals surface area (Å²) in [5, 5.41) is 7.74. The molecule has 17 heavy (non-hydrogen) atoms. The van der Waals surface area contributed by atoms with Crippen molar-refractivity contribution < 1.29 is 26.7 Å². The number of halogens is 6. The van der Waals surface area contributed by atoms with Crippen LogP contribution >= 0.6 is 11.6 Å². The molecule has 0 bridgehead atoms. The highest BCUT2D eigenvalue weighted by Crippen LogP contribution is 2.36. The minimum absolute atomic E-state index is 0.523. The fraction of sp³-hybridized carbons (Fsp3) is 0.250. The van der Waals surface area contributed by atoms with Crippen LogP contribution in [0.15, 0.2) is 6.20 Å². The van der Waals surface area contributed by atoms with E-state index in [0.29, 0.717) is 6.20 Å². The Morgan fingerprint density at radius 2 is 2.00 bits per heavy atom. The van der Waals surface area contributed by atoms with Gasteiger partial charge in [-0.25, -0.2) is 13.8 Å². The van der Waals surface area contributed by atoms with Crippen molar-refractivity contribution in [1.29, 1.82) is 5.26 Å². The average molecular weight is 273 g/mol. The standard InChI is InChI=1S/C8H2ClF5N2O/c9-6-5(17-8(12,13)14)3(1-15)4(2-16-6)7(10)11/h2,7H. The minimum atomic E-state index is -5.16. The van der Waals surface area contributed by atoms with E-state index in [0.717, 1.165) is 0 Å². The second-order valence-corrected chi connectivity index (χ2v) is 3.03. The highest BCUT2D eigenvalue weighted by atomic mass is 35.5. The van der Waals surface area contributed by atoms with E-state index in [-0.39, 0.29) is 0 Å². The van der Waals surface area contributed by atoms with E-state index in [1.165, 1.54) is 6.07 Å². The summed E-state index contributed by atoms with van der Waals surface area (Å²) >= 11 is 5.26. The smallest absolute Gasteiger partial charge is 0.401 e. The molecule has 9 heteroatoms. The summed E-state index contributed by atoms with van der Waals surface area (Å²) in [5.74, 6) is -1.22. The fourth-order valence-electron chi connectivity index (χ4n) is 0.973. The molecule has 0 aliphatic carbocycles. The Bertz CT molecular complexity index is 468. The van der Waals surface area contributed by atoms with Crippen LogP contribution in [0.3, 0.4) is 0 Å². The molecule has 3 nitrogen and oxygen atoms in total. The first-order valence-corrected chi connectivity index (χ1v) is 4.26. The molecule has 0 N–H and O–H groups in total. The summed E-state index contributed by atoms with van der Waals surface area (Å²) in [4.78, 5) is 3.10. The molecule has 0 unspecified atom stereocenters. The Balaban J connectivity index is 3.37.